The van der Waals surface area contributed by atoms with Crippen LogP contribution in [0.15, 0.2) is 54.1 Å². The van der Waals surface area contributed by atoms with Crippen LogP contribution in [-0.4, -0.2) is 18.0 Å². The second-order valence-electron chi connectivity index (χ2n) is 5.71. The Morgan fingerprint density at radius 2 is 1.88 bits per heavy atom. The molecular formula is C20H17ClN2O3. The molecule has 0 radical (unpaired) electrons. The normalized spacial score (nSPS) is 11.0. The minimum Gasteiger partial charge on any atom is -0.459 e. The summed E-state index contributed by atoms with van der Waals surface area (Å²) in [6.07, 6.45) is 1.10. The average molecular weight is 369 g/mol. The van der Waals surface area contributed by atoms with Gasteiger partial charge in [0.25, 0.3) is 5.91 Å². The van der Waals surface area contributed by atoms with Crippen LogP contribution < -0.4 is 5.32 Å². The van der Waals surface area contributed by atoms with Gasteiger partial charge in [0, 0.05) is 16.3 Å². The molecule has 6 heteroatoms. The lowest BCUT2D eigenvalue weighted by atomic mass is 10.1. The predicted octanol–water partition coefficient (Wildman–Crippen LogP) is 4.45. The van der Waals surface area contributed by atoms with Gasteiger partial charge in [-0.1, -0.05) is 23.7 Å². The molecule has 0 aromatic heterocycles. The lowest BCUT2D eigenvalue weighted by molar-refractivity contribution is -0.142. The number of carbonyl (C=O) groups excluding carboxylic acids is 2. The van der Waals surface area contributed by atoms with E-state index in [2.05, 4.69) is 5.32 Å². The number of nitriles is 1. The topological polar surface area (TPSA) is 79.2 Å². The van der Waals surface area contributed by atoms with E-state index in [4.69, 9.17) is 21.6 Å². The van der Waals surface area contributed by atoms with E-state index in [1.54, 1.807) is 62.4 Å². The Morgan fingerprint density at radius 1 is 1.19 bits per heavy atom. The van der Waals surface area contributed by atoms with Crippen molar-refractivity contribution in [2.75, 3.05) is 5.32 Å². The highest BCUT2D eigenvalue weighted by Gasteiger charge is 2.12. The summed E-state index contributed by atoms with van der Waals surface area (Å²) < 4.78 is 5.03. The lowest BCUT2D eigenvalue weighted by Gasteiger charge is -2.08. The van der Waals surface area contributed by atoms with E-state index in [0.717, 1.165) is 0 Å². The summed E-state index contributed by atoms with van der Waals surface area (Å²) in [5, 5.41) is 12.5. The summed E-state index contributed by atoms with van der Waals surface area (Å²) in [6, 6.07) is 15.2. The van der Waals surface area contributed by atoms with Crippen molar-refractivity contribution in [1.29, 1.82) is 5.26 Å². The van der Waals surface area contributed by atoms with Crippen molar-refractivity contribution in [3.8, 4) is 6.07 Å². The fourth-order valence-corrected chi connectivity index (χ4v) is 2.22. The van der Waals surface area contributed by atoms with E-state index in [1.807, 2.05) is 6.07 Å². The van der Waals surface area contributed by atoms with Crippen LogP contribution in [0.4, 0.5) is 5.69 Å². The van der Waals surface area contributed by atoms with Gasteiger partial charge in [0.1, 0.15) is 11.6 Å². The van der Waals surface area contributed by atoms with Crippen LogP contribution in [0.2, 0.25) is 5.02 Å². The van der Waals surface area contributed by atoms with Crippen molar-refractivity contribution in [3.05, 3.63) is 70.3 Å². The zero-order valence-electron chi connectivity index (χ0n) is 14.3. The molecule has 0 aliphatic rings. The van der Waals surface area contributed by atoms with Crippen LogP contribution in [0.25, 0.3) is 6.08 Å². The SMILES string of the molecule is CC(C)OC(=O)/C(C#N)=C/c1cccc(NC(=O)c2ccc(Cl)cc2)c1. The largest absolute Gasteiger partial charge is 0.459 e. The Balaban J connectivity index is 2.18. The molecule has 0 bridgehead atoms. The summed E-state index contributed by atoms with van der Waals surface area (Å²) in [5.41, 5.74) is 1.48. The lowest BCUT2D eigenvalue weighted by Crippen LogP contribution is -2.13. The van der Waals surface area contributed by atoms with Crippen molar-refractivity contribution >= 4 is 35.2 Å². The number of amides is 1. The molecule has 0 spiro atoms. The highest BCUT2D eigenvalue weighted by Crippen LogP contribution is 2.16. The summed E-state index contributed by atoms with van der Waals surface area (Å²) in [4.78, 5) is 24.1. The van der Waals surface area contributed by atoms with E-state index < -0.39 is 5.97 Å². The van der Waals surface area contributed by atoms with Gasteiger partial charge in [-0.25, -0.2) is 4.79 Å². The molecule has 0 atom stereocenters. The highest BCUT2D eigenvalue weighted by atomic mass is 35.5. The molecule has 2 aromatic carbocycles. The Kier molecular flexibility index (Phi) is 6.54. The van der Waals surface area contributed by atoms with Gasteiger partial charge in [0.05, 0.1) is 6.10 Å². The van der Waals surface area contributed by atoms with E-state index in [-0.39, 0.29) is 17.6 Å². The number of ether oxygens (including phenoxy) is 1. The second kappa shape index (κ2) is 8.84. The number of hydrogen-bond acceptors (Lipinski definition) is 4. The molecule has 0 saturated heterocycles. The number of hydrogen-bond donors (Lipinski definition) is 1. The molecule has 5 nitrogen and oxygen atoms in total. The average Bonchev–Trinajstić information content (AvgIpc) is 2.59. The summed E-state index contributed by atoms with van der Waals surface area (Å²) in [5.74, 6) is -0.972. The maximum atomic E-state index is 12.2. The second-order valence-corrected chi connectivity index (χ2v) is 6.15. The third-order valence-corrected chi connectivity index (χ3v) is 3.50. The van der Waals surface area contributed by atoms with E-state index in [1.165, 1.54) is 6.08 Å². The van der Waals surface area contributed by atoms with Crippen LogP contribution in [0, 0.1) is 11.3 Å². The number of halogens is 1. The summed E-state index contributed by atoms with van der Waals surface area (Å²) in [7, 11) is 0. The molecule has 0 heterocycles. The molecule has 0 unspecified atom stereocenters. The number of nitrogens with zero attached hydrogens (tertiary/aromatic N) is 1. The Labute approximate surface area is 156 Å². The fourth-order valence-electron chi connectivity index (χ4n) is 2.09. The van der Waals surface area contributed by atoms with Crippen LogP contribution in [0.5, 0.6) is 0 Å². The van der Waals surface area contributed by atoms with Gasteiger partial charge in [-0.3, -0.25) is 4.79 Å². The maximum Gasteiger partial charge on any atom is 0.349 e. The van der Waals surface area contributed by atoms with Gasteiger partial charge in [0.15, 0.2) is 0 Å². The molecule has 0 fully saturated rings. The molecule has 2 aromatic rings. The quantitative estimate of drug-likeness (QED) is 0.480. The first-order valence-electron chi connectivity index (χ1n) is 7.89. The number of benzene rings is 2. The van der Waals surface area contributed by atoms with Crippen LogP contribution in [0.3, 0.4) is 0 Å². The standard InChI is InChI=1S/C20H17ClN2O3/c1-13(2)26-20(25)16(12-22)10-14-4-3-5-18(11-14)23-19(24)15-6-8-17(21)9-7-15/h3-11,13H,1-2H3,(H,23,24)/b16-10+. The molecule has 132 valence electrons. The first kappa shape index (κ1) is 19.2. The third kappa shape index (κ3) is 5.47. The van der Waals surface area contributed by atoms with Crippen molar-refractivity contribution in [3.63, 3.8) is 0 Å². The number of anilines is 1. The number of esters is 1. The highest BCUT2D eigenvalue weighted by molar-refractivity contribution is 6.30. The molecule has 26 heavy (non-hydrogen) atoms. The van der Waals surface area contributed by atoms with Gasteiger partial charge >= 0.3 is 5.97 Å². The minimum absolute atomic E-state index is 0.111. The van der Waals surface area contributed by atoms with Crippen molar-refractivity contribution in [2.24, 2.45) is 0 Å². The van der Waals surface area contributed by atoms with E-state index in [0.29, 0.717) is 21.8 Å². The van der Waals surface area contributed by atoms with Gasteiger partial charge in [-0.2, -0.15) is 5.26 Å². The zero-order valence-corrected chi connectivity index (χ0v) is 15.1. The summed E-state index contributed by atoms with van der Waals surface area (Å²) in [6.45, 7) is 3.42. The first-order chi connectivity index (χ1) is 12.4. The smallest absolute Gasteiger partial charge is 0.349 e. The molecule has 2 rings (SSSR count). The van der Waals surface area contributed by atoms with E-state index in [9.17, 15) is 9.59 Å². The van der Waals surface area contributed by atoms with Crippen LogP contribution in [-0.2, 0) is 9.53 Å². The minimum atomic E-state index is -0.682. The van der Waals surface area contributed by atoms with E-state index >= 15 is 0 Å². The Morgan fingerprint density at radius 3 is 2.50 bits per heavy atom. The maximum absolute atomic E-state index is 12.2. The Hall–Kier alpha value is -3.10. The number of nitrogens with one attached hydrogen (secondary N) is 1. The predicted molar refractivity (Wildman–Crippen MR) is 101 cm³/mol. The molecular weight excluding hydrogens is 352 g/mol. The summed E-state index contributed by atoms with van der Waals surface area (Å²) >= 11 is 5.81. The van der Waals surface area contributed by atoms with Crippen LogP contribution >= 0.6 is 11.6 Å². The van der Waals surface area contributed by atoms with Gasteiger partial charge in [-0.15, -0.1) is 0 Å². The Bertz CT molecular complexity index is 881. The fraction of sp³-hybridized carbons (Fsp3) is 0.150. The molecule has 0 aliphatic heterocycles. The monoisotopic (exact) mass is 368 g/mol. The van der Waals surface area contributed by atoms with Gasteiger partial charge in [0.2, 0.25) is 0 Å². The van der Waals surface area contributed by atoms with Crippen LogP contribution in [0.1, 0.15) is 29.8 Å². The molecule has 1 N–H and O–H groups in total. The van der Waals surface area contributed by atoms with Crippen molar-refractivity contribution in [1.82, 2.24) is 0 Å². The molecule has 0 aliphatic carbocycles. The third-order valence-electron chi connectivity index (χ3n) is 3.25. The van der Waals surface area contributed by atoms with Gasteiger partial charge in [-0.05, 0) is 61.9 Å². The zero-order chi connectivity index (χ0) is 19.1. The number of carbonyl (C=O) groups is 2. The van der Waals surface area contributed by atoms with Crippen molar-refractivity contribution < 1.29 is 14.3 Å². The molecule has 1 amide bonds. The van der Waals surface area contributed by atoms with Crippen molar-refractivity contribution in [2.45, 2.75) is 20.0 Å². The first-order valence-corrected chi connectivity index (χ1v) is 8.26. The molecule has 0 saturated carbocycles. The number of rotatable bonds is 5. The van der Waals surface area contributed by atoms with Gasteiger partial charge < -0.3 is 10.1 Å².